The molecule has 0 saturated heterocycles. The minimum Gasteiger partial charge on any atom is -0.392 e. The summed E-state index contributed by atoms with van der Waals surface area (Å²) in [6.45, 7) is 1.87. The Bertz CT molecular complexity index is 583. The van der Waals surface area contributed by atoms with Crippen LogP contribution in [0.4, 0.5) is 0 Å². The Morgan fingerprint density at radius 3 is 2.94 bits per heavy atom. The van der Waals surface area contributed by atoms with E-state index in [0.717, 1.165) is 16.2 Å². The van der Waals surface area contributed by atoms with Crippen molar-refractivity contribution < 1.29 is 5.11 Å². The number of aryl methyl sites for hydroxylation is 1. The van der Waals surface area contributed by atoms with Crippen molar-refractivity contribution in [3.8, 4) is 0 Å². The van der Waals surface area contributed by atoms with E-state index in [1.807, 2.05) is 13.0 Å². The Balaban J connectivity index is 2.27. The fourth-order valence-corrected chi connectivity index (χ4v) is 2.08. The van der Waals surface area contributed by atoms with Crippen molar-refractivity contribution in [2.75, 3.05) is 0 Å². The molecule has 0 amide bonds. The van der Waals surface area contributed by atoms with Gasteiger partial charge in [-0.15, -0.1) is 0 Å². The molecule has 2 rings (SSSR count). The highest BCUT2D eigenvalue weighted by molar-refractivity contribution is 7.99. The second kappa shape index (κ2) is 5.11. The lowest BCUT2D eigenvalue weighted by molar-refractivity contribution is 0.281. The third-order valence-corrected chi connectivity index (χ3v) is 3.13. The monoisotopic (exact) mass is 249 g/mol. The highest BCUT2D eigenvalue weighted by Gasteiger charge is 2.05. The summed E-state index contributed by atoms with van der Waals surface area (Å²) in [5.41, 5.74) is 1.52. The van der Waals surface area contributed by atoms with Crippen LogP contribution >= 0.6 is 11.8 Å². The van der Waals surface area contributed by atoms with Crippen molar-refractivity contribution in [3.63, 3.8) is 0 Å². The summed E-state index contributed by atoms with van der Waals surface area (Å²) in [6.07, 6.45) is 3.06. The van der Waals surface area contributed by atoms with Gasteiger partial charge in [0.2, 0.25) is 0 Å². The molecule has 6 heteroatoms. The van der Waals surface area contributed by atoms with Crippen molar-refractivity contribution in [2.24, 2.45) is 0 Å². The summed E-state index contributed by atoms with van der Waals surface area (Å²) in [5.74, 6) is 0. The minimum absolute atomic E-state index is 0.0286. The first-order valence-corrected chi connectivity index (χ1v) is 5.80. The molecule has 0 aliphatic carbocycles. The van der Waals surface area contributed by atoms with Crippen LogP contribution in [0.1, 0.15) is 11.1 Å². The summed E-state index contributed by atoms with van der Waals surface area (Å²) in [5, 5.41) is 10.2. The summed E-state index contributed by atoms with van der Waals surface area (Å²) in [7, 11) is 0. The average Bonchev–Trinajstić information content (AvgIpc) is 2.32. The molecule has 0 saturated carbocycles. The summed E-state index contributed by atoms with van der Waals surface area (Å²) >= 11 is 1.29. The number of aromatic nitrogens is 3. The molecule has 2 aromatic heterocycles. The number of pyridine rings is 1. The molecule has 0 atom stereocenters. The van der Waals surface area contributed by atoms with Gasteiger partial charge in [0.25, 0.3) is 5.56 Å². The molecule has 0 aliphatic heterocycles. The fraction of sp³-hybridized carbons (Fsp3) is 0.182. The highest BCUT2D eigenvalue weighted by Crippen LogP contribution is 2.24. The van der Waals surface area contributed by atoms with Crippen LogP contribution in [0.2, 0.25) is 0 Å². The van der Waals surface area contributed by atoms with Crippen LogP contribution in [0.5, 0.6) is 0 Å². The van der Waals surface area contributed by atoms with E-state index in [2.05, 4.69) is 15.0 Å². The molecular weight excluding hydrogens is 238 g/mol. The first-order valence-electron chi connectivity index (χ1n) is 4.98. The molecule has 5 nitrogen and oxygen atoms in total. The molecule has 0 aliphatic rings. The van der Waals surface area contributed by atoms with E-state index >= 15 is 0 Å². The van der Waals surface area contributed by atoms with Crippen LogP contribution in [0.25, 0.3) is 0 Å². The van der Waals surface area contributed by atoms with E-state index < -0.39 is 0 Å². The van der Waals surface area contributed by atoms with Crippen molar-refractivity contribution in [2.45, 2.75) is 23.7 Å². The van der Waals surface area contributed by atoms with Gasteiger partial charge in [0.05, 0.1) is 6.61 Å². The topological polar surface area (TPSA) is 78.9 Å². The predicted molar refractivity (Wildman–Crippen MR) is 63.9 cm³/mol. The quantitative estimate of drug-likeness (QED) is 0.797. The van der Waals surface area contributed by atoms with Crippen molar-refractivity contribution >= 4 is 11.8 Å². The van der Waals surface area contributed by atoms with Gasteiger partial charge >= 0.3 is 0 Å². The maximum atomic E-state index is 11.1. The van der Waals surface area contributed by atoms with Gasteiger partial charge in [-0.05, 0) is 35.9 Å². The van der Waals surface area contributed by atoms with Crippen molar-refractivity contribution in [1.82, 2.24) is 15.0 Å². The zero-order valence-electron chi connectivity index (χ0n) is 9.17. The van der Waals surface area contributed by atoms with Crippen LogP contribution in [0.15, 0.2) is 39.5 Å². The average molecular weight is 249 g/mol. The molecule has 0 bridgehead atoms. The fourth-order valence-electron chi connectivity index (χ4n) is 1.31. The molecule has 2 N–H and O–H groups in total. The Kier molecular flexibility index (Phi) is 3.55. The Hall–Kier alpha value is -1.66. The Morgan fingerprint density at radius 1 is 1.47 bits per heavy atom. The number of hydrogen-bond acceptors (Lipinski definition) is 5. The zero-order valence-corrected chi connectivity index (χ0v) is 9.99. The maximum Gasteiger partial charge on any atom is 0.251 e. The van der Waals surface area contributed by atoms with E-state index in [4.69, 9.17) is 5.11 Å². The molecule has 2 heterocycles. The van der Waals surface area contributed by atoms with Gasteiger partial charge in [-0.3, -0.25) is 4.79 Å². The van der Waals surface area contributed by atoms with Crippen molar-refractivity contribution in [1.29, 1.82) is 0 Å². The maximum absolute atomic E-state index is 11.1. The SMILES string of the molecule is Cc1cc(CO)cnc1Sc1nccc(=O)[nH]1. The van der Waals surface area contributed by atoms with Gasteiger partial charge in [-0.1, -0.05) is 0 Å². The predicted octanol–water partition coefficient (Wildman–Crippen LogP) is 1.12. The molecule has 0 fully saturated rings. The molecule has 88 valence electrons. The number of aliphatic hydroxyl groups is 1. The zero-order chi connectivity index (χ0) is 12.3. The van der Waals surface area contributed by atoms with Crippen molar-refractivity contribution in [3.05, 3.63) is 46.0 Å². The van der Waals surface area contributed by atoms with E-state index in [1.54, 1.807) is 6.20 Å². The van der Waals surface area contributed by atoms with Gasteiger partial charge in [0.15, 0.2) is 5.16 Å². The lowest BCUT2D eigenvalue weighted by Crippen LogP contribution is -2.05. The number of nitrogens with one attached hydrogen (secondary N) is 1. The number of aromatic amines is 1. The molecule has 0 spiro atoms. The van der Waals surface area contributed by atoms with Crippen LogP contribution in [0.3, 0.4) is 0 Å². The Labute approximate surface area is 102 Å². The van der Waals surface area contributed by atoms with Gasteiger partial charge in [0, 0.05) is 18.5 Å². The van der Waals surface area contributed by atoms with Gasteiger partial charge in [-0.25, -0.2) is 9.97 Å². The third kappa shape index (κ3) is 2.92. The Morgan fingerprint density at radius 2 is 2.29 bits per heavy atom. The van der Waals surface area contributed by atoms with E-state index in [0.29, 0.717) is 5.16 Å². The smallest absolute Gasteiger partial charge is 0.251 e. The minimum atomic E-state index is -0.188. The molecule has 0 radical (unpaired) electrons. The van der Waals surface area contributed by atoms with Crippen LogP contribution < -0.4 is 5.56 Å². The second-order valence-electron chi connectivity index (χ2n) is 3.47. The van der Waals surface area contributed by atoms with Crippen LogP contribution in [-0.4, -0.2) is 20.1 Å². The standard InChI is InChI=1S/C11H11N3O2S/c1-7-4-8(6-15)5-13-10(7)17-11-12-3-2-9(16)14-11/h2-5,15H,6H2,1H3,(H,12,14,16). The third-order valence-electron chi connectivity index (χ3n) is 2.11. The summed E-state index contributed by atoms with van der Waals surface area (Å²) in [4.78, 5) is 22.0. The first kappa shape index (κ1) is 11.8. The lowest BCUT2D eigenvalue weighted by Gasteiger charge is -2.04. The van der Waals surface area contributed by atoms with Gasteiger partial charge < -0.3 is 10.1 Å². The van der Waals surface area contributed by atoms with E-state index in [9.17, 15) is 4.79 Å². The molecule has 2 aromatic rings. The summed E-state index contributed by atoms with van der Waals surface area (Å²) < 4.78 is 0. The van der Waals surface area contributed by atoms with E-state index in [-0.39, 0.29) is 12.2 Å². The molecule has 17 heavy (non-hydrogen) atoms. The lowest BCUT2D eigenvalue weighted by atomic mass is 10.2. The number of hydrogen-bond donors (Lipinski definition) is 2. The second-order valence-corrected chi connectivity index (χ2v) is 4.44. The largest absolute Gasteiger partial charge is 0.392 e. The normalized spacial score (nSPS) is 10.5. The first-order chi connectivity index (χ1) is 8.19. The molecule has 0 aromatic carbocycles. The van der Waals surface area contributed by atoms with Gasteiger partial charge in [-0.2, -0.15) is 0 Å². The molecular formula is C11H11N3O2S. The number of aliphatic hydroxyl groups excluding tert-OH is 1. The number of H-pyrrole nitrogens is 1. The molecule has 0 unspecified atom stereocenters. The number of nitrogens with zero attached hydrogens (tertiary/aromatic N) is 2. The van der Waals surface area contributed by atoms with E-state index in [1.165, 1.54) is 24.0 Å². The number of rotatable bonds is 3. The van der Waals surface area contributed by atoms with Gasteiger partial charge in [0.1, 0.15) is 5.03 Å². The summed E-state index contributed by atoms with van der Waals surface area (Å²) in [6, 6.07) is 3.22. The van der Waals surface area contributed by atoms with Crippen LogP contribution in [-0.2, 0) is 6.61 Å². The van der Waals surface area contributed by atoms with Crippen LogP contribution in [0, 0.1) is 6.92 Å². The highest BCUT2D eigenvalue weighted by atomic mass is 32.2.